The second-order valence-corrected chi connectivity index (χ2v) is 7.65. The Balaban J connectivity index is 1.57. The summed E-state index contributed by atoms with van der Waals surface area (Å²) in [5.41, 5.74) is 0.703. The van der Waals surface area contributed by atoms with Gasteiger partial charge in [0.05, 0.1) is 0 Å². The number of benzene rings is 2. The minimum Gasteiger partial charge on any atom is -0.206 e. The summed E-state index contributed by atoms with van der Waals surface area (Å²) in [6.07, 6.45) is 3.78. The fraction of sp³-hybridized carbons (Fsp3) is 0.360. The van der Waals surface area contributed by atoms with Crippen LogP contribution in [0, 0.1) is 29.4 Å². The molecule has 1 saturated carbocycles. The molecular weight excluding hydrogens is 395 g/mol. The van der Waals surface area contributed by atoms with Crippen LogP contribution in [-0.4, -0.2) is 0 Å². The predicted octanol–water partition coefficient (Wildman–Crippen LogP) is 7.43. The quantitative estimate of drug-likeness (QED) is 0.359. The van der Waals surface area contributed by atoms with Crippen LogP contribution >= 0.6 is 0 Å². The zero-order chi connectivity index (χ0) is 21.7. The van der Waals surface area contributed by atoms with E-state index in [1.807, 2.05) is 6.08 Å². The number of hydrogen-bond acceptors (Lipinski definition) is 0. The highest BCUT2D eigenvalue weighted by Gasteiger charge is 2.37. The normalized spacial score (nSPS) is 19.5. The SMILES string of the molecule is CCc1ccc(C2CCC(/C=C/C#Cc3cc(F)c(C(F)(F)F)c(F)c3)CC2)cc1. The first-order chi connectivity index (χ1) is 14.3. The Morgan fingerprint density at radius 1 is 0.967 bits per heavy atom. The number of rotatable bonds is 3. The molecule has 1 aliphatic carbocycles. The Morgan fingerprint density at radius 2 is 1.57 bits per heavy atom. The third-order valence-corrected chi connectivity index (χ3v) is 5.63. The lowest BCUT2D eigenvalue weighted by atomic mass is 9.78. The summed E-state index contributed by atoms with van der Waals surface area (Å²) >= 11 is 0. The van der Waals surface area contributed by atoms with Crippen LogP contribution in [0.15, 0.2) is 48.6 Å². The van der Waals surface area contributed by atoms with Crippen molar-refractivity contribution in [3.05, 3.63) is 82.4 Å². The summed E-state index contributed by atoms with van der Waals surface area (Å²) in [5, 5.41) is 0. The molecule has 0 aliphatic heterocycles. The molecule has 0 amide bonds. The standard InChI is InChI=1S/C25H23F5/c1-2-17-7-11-20(12-8-17)21-13-9-18(10-14-21)5-3-4-6-19-15-22(26)24(23(27)16-19)25(28,29)30/h3,5,7-8,11-12,15-16,18,21H,2,9-10,13-14H2,1H3/b5-3+. The Labute approximate surface area is 173 Å². The third kappa shape index (κ3) is 5.50. The summed E-state index contributed by atoms with van der Waals surface area (Å²) < 4.78 is 64.9. The van der Waals surface area contributed by atoms with Gasteiger partial charge in [-0.05, 0) is 73.3 Å². The molecule has 0 unspecified atom stereocenters. The van der Waals surface area contributed by atoms with Gasteiger partial charge in [-0.1, -0.05) is 49.1 Å². The molecule has 30 heavy (non-hydrogen) atoms. The van der Waals surface area contributed by atoms with Crippen LogP contribution in [0.4, 0.5) is 22.0 Å². The third-order valence-electron chi connectivity index (χ3n) is 5.63. The van der Waals surface area contributed by atoms with Crippen molar-refractivity contribution in [2.75, 3.05) is 0 Å². The molecule has 0 heterocycles. The summed E-state index contributed by atoms with van der Waals surface area (Å²) in [5.74, 6) is 2.82. The summed E-state index contributed by atoms with van der Waals surface area (Å²) in [6, 6.07) is 10.0. The summed E-state index contributed by atoms with van der Waals surface area (Å²) in [6.45, 7) is 2.14. The Kier molecular flexibility index (Phi) is 6.97. The number of alkyl halides is 3. The second-order valence-electron chi connectivity index (χ2n) is 7.65. The van der Waals surface area contributed by atoms with Crippen LogP contribution in [0.5, 0.6) is 0 Å². The minimum atomic E-state index is -5.07. The van der Waals surface area contributed by atoms with Gasteiger partial charge in [-0.15, -0.1) is 0 Å². The monoisotopic (exact) mass is 418 g/mol. The first-order valence-electron chi connectivity index (χ1n) is 10.1. The highest BCUT2D eigenvalue weighted by molar-refractivity contribution is 5.40. The van der Waals surface area contributed by atoms with E-state index in [1.54, 1.807) is 6.08 Å². The van der Waals surface area contributed by atoms with Crippen LogP contribution < -0.4 is 0 Å². The molecule has 3 rings (SSSR count). The fourth-order valence-electron chi connectivity index (χ4n) is 3.90. The fourth-order valence-corrected chi connectivity index (χ4v) is 3.90. The number of allylic oxidation sites excluding steroid dienone is 2. The van der Waals surface area contributed by atoms with E-state index in [1.165, 1.54) is 11.1 Å². The molecule has 5 heteroatoms. The molecule has 2 aromatic rings. The van der Waals surface area contributed by atoms with Crippen LogP contribution in [0.2, 0.25) is 0 Å². The van der Waals surface area contributed by atoms with Crippen molar-refractivity contribution in [3.8, 4) is 11.8 Å². The first kappa shape index (κ1) is 22.1. The molecular formula is C25H23F5. The van der Waals surface area contributed by atoms with Gasteiger partial charge in [0.25, 0.3) is 0 Å². The molecule has 0 bridgehead atoms. The van der Waals surface area contributed by atoms with Gasteiger partial charge >= 0.3 is 6.18 Å². The molecule has 158 valence electrons. The largest absolute Gasteiger partial charge is 0.422 e. The van der Waals surface area contributed by atoms with E-state index in [2.05, 4.69) is 43.0 Å². The maximum absolute atomic E-state index is 13.6. The van der Waals surface area contributed by atoms with Gasteiger partial charge in [0.1, 0.15) is 17.2 Å². The highest BCUT2D eigenvalue weighted by atomic mass is 19.4. The molecule has 1 aliphatic rings. The van der Waals surface area contributed by atoms with E-state index in [0.717, 1.165) is 32.1 Å². The number of hydrogen-bond donors (Lipinski definition) is 0. The van der Waals surface area contributed by atoms with E-state index in [9.17, 15) is 22.0 Å². The van der Waals surface area contributed by atoms with Crippen molar-refractivity contribution < 1.29 is 22.0 Å². The zero-order valence-corrected chi connectivity index (χ0v) is 16.7. The van der Waals surface area contributed by atoms with Crippen LogP contribution in [-0.2, 0) is 12.6 Å². The Bertz CT molecular complexity index is 927. The maximum atomic E-state index is 13.6. The van der Waals surface area contributed by atoms with Gasteiger partial charge in [-0.2, -0.15) is 13.2 Å². The molecule has 1 fully saturated rings. The van der Waals surface area contributed by atoms with E-state index in [-0.39, 0.29) is 5.56 Å². The molecule has 2 aromatic carbocycles. The molecule has 0 spiro atoms. The minimum absolute atomic E-state index is 0.123. The Morgan fingerprint density at radius 3 is 2.10 bits per heavy atom. The molecule has 0 radical (unpaired) electrons. The zero-order valence-electron chi connectivity index (χ0n) is 16.7. The van der Waals surface area contributed by atoms with E-state index >= 15 is 0 Å². The van der Waals surface area contributed by atoms with Gasteiger partial charge in [0.2, 0.25) is 0 Å². The van der Waals surface area contributed by atoms with Crippen LogP contribution in [0.3, 0.4) is 0 Å². The van der Waals surface area contributed by atoms with Crippen molar-refractivity contribution in [2.45, 2.75) is 51.1 Å². The smallest absolute Gasteiger partial charge is 0.206 e. The number of aryl methyl sites for hydroxylation is 1. The van der Waals surface area contributed by atoms with Gasteiger partial charge in [0.15, 0.2) is 0 Å². The molecule has 0 aromatic heterocycles. The molecule has 0 nitrogen and oxygen atoms in total. The van der Waals surface area contributed by atoms with Gasteiger partial charge in [-0.25, -0.2) is 8.78 Å². The van der Waals surface area contributed by atoms with Crippen molar-refractivity contribution in [1.82, 2.24) is 0 Å². The van der Waals surface area contributed by atoms with Crippen molar-refractivity contribution in [1.29, 1.82) is 0 Å². The highest BCUT2D eigenvalue weighted by Crippen LogP contribution is 2.36. The lowest BCUT2D eigenvalue weighted by molar-refractivity contribution is -0.142. The molecule has 0 atom stereocenters. The Hall–Kier alpha value is -2.61. The van der Waals surface area contributed by atoms with E-state index in [4.69, 9.17) is 0 Å². The lowest BCUT2D eigenvalue weighted by Crippen LogP contribution is -2.11. The maximum Gasteiger partial charge on any atom is 0.422 e. The predicted molar refractivity (Wildman–Crippen MR) is 108 cm³/mol. The first-order valence-corrected chi connectivity index (χ1v) is 10.1. The topological polar surface area (TPSA) is 0 Å². The number of halogens is 5. The van der Waals surface area contributed by atoms with Crippen molar-refractivity contribution in [2.24, 2.45) is 5.92 Å². The van der Waals surface area contributed by atoms with Gasteiger partial charge in [0, 0.05) is 5.56 Å². The second kappa shape index (κ2) is 9.47. The van der Waals surface area contributed by atoms with E-state index in [0.29, 0.717) is 24.0 Å². The lowest BCUT2D eigenvalue weighted by Gasteiger charge is -2.27. The summed E-state index contributed by atoms with van der Waals surface area (Å²) in [4.78, 5) is 0. The van der Waals surface area contributed by atoms with Gasteiger partial charge in [-0.3, -0.25) is 0 Å². The van der Waals surface area contributed by atoms with Crippen LogP contribution in [0.1, 0.15) is 60.8 Å². The van der Waals surface area contributed by atoms with E-state index < -0.39 is 23.4 Å². The average Bonchev–Trinajstić information content (AvgIpc) is 2.70. The van der Waals surface area contributed by atoms with Crippen molar-refractivity contribution in [3.63, 3.8) is 0 Å². The molecule has 0 N–H and O–H groups in total. The summed E-state index contributed by atoms with van der Waals surface area (Å²) in [7, 11) is 0. The average molecular weight is 418 g/mol. The van der Waals surface area contributed by atoms with Gasteiger partial charge < -0.3 is 0 Å². The van der Waals surface area contributed by atoms with Crippen LogP contribution in [0.25, 0.3) is 0 Å². The van der Waals surface area contributed by atoms with Crippen molar-refractivity contribution >= 4 is 0 Å². The molecule has 0 saturated heterocycles.